The van der Waals surface area contributed by atoms with Gasteiger partial charge in [0.15, 0.2) is 0 Å². The standard InChI is InChI=1S/C31H31F2N5O2/c1-19-34-23-10-6-7-11-25(23)37(19)18-27(39)38-17-21(32)16-26(38)30(40)36-28(20-8-4-3-5-9-20)24-13-12-22(29(33)35-24)31(2)14-15-31/h3-13,21,26,28H,14-18H2,1-2H3,(H,36,40)/t21-,26+,28+/m1/s1. The van der Waals surface area contributed by atoms with Crippen LogP contribution in [0.5, 0.6) is 0 Å². The molecule has 3 heterocycles. The molecule has 2 fully saturated rings. The van der Waals surface area contributed by atoms with Crippen LogP contribution in [-0.2, 0) is 21.5 Å². The zero-order valence-electron chi connectivity index (χ0n) is 22.5. The smallest absolute Gasteiger partial charge is 0.243 e. The maximum absolute atomic E-state index is 15.1. The number of amides is 2. The Labute approximate surface area is 231 Å². The first-order valence-electron chi connectivity index (χ1n) is 13.6. The monoisotopic (exact) mass is 543 g/mol. The van der Waals surface area contributed by atoms with Crippen molar-refractivity contribution in [3.8, 4) is 0 Å². The van der Waals surface area contributed by atoms with Gasteiger partial charge in [-0.1, -0.05) is 55.5 Å². The average molecular weight is 544 g/mol. The number of rotatable bonds is 7. The molecule has 1 saturated carbocycles. The van der Waals surface area contributed by atoms with Crippen LogP contribution < -0.4 is 5.32 Å². The number of aryl methyl sites for hydroxylation is 1. The minimum atomic E-state index is -1.33. The third-order valence-corrected chi connectivity index (χ3v) is 8.25. The number of para-hydroxylation sites is 2. The molecule has 6 rings (SSSR count). The number of carbonyl (C=O) groups excluding carboxylic acids is 2. The van der Waals surface area contributed by atoms with Gasteiger partial charge < -0.3 is 14.8 Å². The van der Waals surface area contributed by atoms with E-state index in [0.29, 0.717) is 22.6 Å². The highest BCUT2D eigenvalue weighted by Crippen LogP contribution is 2.48. The number of nitrogens with one attached hydrogen (secondary N) is 1. The van der Waals surface area contributed by atoms with Crippen LogP contribution in [-0.4, -0.2) is 50.0 Å². The fraction of sp³-hybridized carbons (Fsp3) is 0.355. The quantitative estimate of drug-likeness (QED) is 0.341. The van der Waals surface area contributed by atoms with Crippen molar-refractivity contribution >= 4 is 22.8 Å². The Hall–Kier alpha value is -4.14. The number of benzene rings is 2. The molecule has 1 aliphatic heterocycles. The van der Waals surface area contributed by atoms with Gasteiger partial charge in [-0.25, -0.2) is 14.4 Å². The van der Waals surface area contributed by atoms with Crippen LogP contribution in [0.1, 0.15) is 54.9 Å². The molecule has 2 amide bonds. The summed E-state index contributed by atoms with van der Waals surface area (Å²) >= 11 is 0. The zero-order chi connectivity index (χ0) is 28.0. The second-order valence-corrected chi connectivity index (χ2v) is 11.1. The summed E-state index contributed by atoms with van der Waals surface area (Å²) in [6, 6.07) is 18.3. The summed E-state index contributed by atoms with van der Waals surface area (Å²) in [7, 11) is 0. The average Bonchev–Trinajstić information content (AvgIpc) is 3.44. The van der Waals surface area contributed by atoms with Crippen molar-refractivity contribution in [2.24, 2.45) is 0 Å². The van der Waals surface area contributed by atoms with Crippen LogP contribution in [0.3, 0.4) is 0 Å². The van der Waals surface area contributed by atoms with Crippen molar-refractivity contribution < 1.29 is 18.4 Å². The molecule has 9 heteroatoms. The number of hydrogen-bond donors (Lipinski definition) is 1. The highest BCUT2D eigenvalue weighted by Gasteiger charge is 2.43. The Morgan fingerprint density at radius 2 is 1.77 bits per heavy atom. The van der Waals surface area contributed by atoms with E-state index >= 15 is 4.39 Å². The van der Waals surface area contributed by atoms with E-state index in [2.05, 4.69) is 15.3 Å². The predicted molar refractivity (Wildman–Crippen MR) is 147 cm³/mol. The number of fused-ring (bicyclic) bond motifs is 1. The summed E-state index contributed by atoms with van der Waals surface area (Å²) in [4.78, 5) is 37.2. The Balaban J connectivity index is 1.26. The van der Waals surface area contributed by atoms with E-state index in [1.54, 1.807) is 16.7 Å². The third kappa shape index (κ3) is 4.85. The van der Waals surface area contributed by atoms with Crippen LogP contribution >= 0.6 is 0 Å². The highest BCUT2D eigenvalue weighted by atomic mass is 19.1. The summed E-state index contributed by atoms with van der Waals surface area (Å²) < 4.78 is 31.6. The second kappa shape index (κ2) is 10.1. The second-order valence-electron chi connectivity index (χ2n) is 11.1. The third-order valence-electron chi connectivity index (χ3n) is 8.25. The van der Waals surface area contributed by atoms with Crippen LogP contribution in [0.15, 0.2) is 66.7 Å². The molecule has 1 aliphatic carbocycles. The molecule has 2 aromatic carbocycles. The zero-order valence-corrected chi connectivity index (χ0v) is 22.5. The lowest BCUT2D eigenvalue weighted by molar-refractivity contribution is -0.139. The molecule has 3 atom stereocenters. The van der Waals surface area contributed by atoms with Crippen molar-refractivity contribution in [1.29, 1.82) is 0 Å². The van der Waals surface area contributed by atoms with Crippen molar-refractivity contribution in [3.05, 3.63) is 95.3 Å². The molecular weight excluding hydrogens is 512 g/mol. The lowest BCUT2D eigenvalue weighted by Crippen LogP contribution is -2.48. The molecule has 0 unspecified atom stereocenters. The number of aromatic nitrogens is 3. The number of pyridine rings is 1. The van der Waals surface area contributed by atoms with Gasteiger partial charge in [-0.2, -0.15) is 4.39 Å². The van der Waals surface area contributed by atoms with E-state index in [4.69, 9.17) is 0 Å². The molecule has 0 spiro atoms. The van der Waals surface area contributed by atoms with Gasteiger partial charge in [-0.15, -0.1) is 0 Å². The van der Waals surface area contributed by atoms with Gasteiger partial charge in [0, 0.05) is 12.0 Å². The molecule has 4 aromatic rings. The van der Waals surface area contributed by atoms with Crippen molar-refractivity contribution in [1.82, 2.24) is 24.8 Å². The maximum Gasteiger partial charge on any atom is 0.243 e. The Morgan fingerprint density at radius 1 is 1.05 bits per heavy atom. The molecule has 0 radical (unpaired) electrons. The number of hydrogen-bond acceptors (Lipinski definition) is 4. The van der Waals surface area contributed by atoms with Gasteiger partial charge in [-0.05, 0) is 48.9 Å². The van der Waals surface area contributed by atoms with Crippen molar-refractivity contribution in [3.63, 3.8) is 0 Å². The van der Waals surface area contributed by atoms with Gasteiger partial charge in [0.2, 0.25) is 17.8 Å². The minimum absolute atomic E-state index is 0.0576. The van der Waals surface area contributed by atoms with E-state index in [1.807, 2.05) is 68.4 Å². The summed E-state index contributed by atoms with van der Waals surface area (Å²) in [5, 5.41) is 2.95. The summed E-state index contributed by atoms with van der Waals surface area (Å²) in [5.74, 6) is -0.756. The van der Waals surface area contributed by atoms with E-state index < -0.39 is 30.1 Å². The first kappa shape index (κ1) is 26.1. The van der Waals surface area contributed by atoms with Crippen molar-refractivity contribution in [2.45, 2.75) is 63.3 Å². The summed E-state index contributed by atoms with van der Waals surface area (Å²) in [6.07, 6.45) is 0.383. The number of carbonyl (C=O) groups is 2. The molecule has 0 bridgehead atoms. The van der Waals surface area contributed by atoms with E-state index in [-0.39, 0.29) is 30.8 Å². The van der Waals surface area contributed by atoms with Gasteiger partial charge in [-0.3, -0.25) is 9.59 Å². The molecule has 206 valence electrons. The molecule has 1 N–H and O–H groups in total. The maximum atomic E-state index is 15.1. The molecule has 40 heavy (non-hydrogen) atoms. The van der Waals surface area contributed by atoms with Gasteiger partial charge in [0.1, 0.15) is 24.6 Å². The minimum Gasteiger partial charge on any atom is -0.342 e. The van der Waals surface area contributed by atoms with Gasteiger partial charge in [0.05, 0.1) is 29.3 Å². The van der Waals surface area contributed by atoms with Crippen LogP contribution in [0.4, 0.5) is 8.78 Å². The Morgan fingerprint density at radius 3 is 2.50 bits per heavy atom. The summed E-state index contributed by atoms with van der Waals surface area (Å²) in [6.45, 7) is 3.60. The molecule has 2 aliphatic rings. The first-order valence-corrected chi connectivity index (χ1v) is 13.6. The molecule has 1 saturated heterocycles. The van der Waals surface area contributed by atoms with Crippen LogP contribution in [0.2, 0.25) is 0 Å². The highest BCUT2D eigenvalue weighted by molar-refractivity contribution is 5.89. The van der Waals surface area contributed by atoms with Crippen molar-refractivity contribution in [2.75, 3.05) is 6.54 Å². The fourth-order valence-corrected chi connectivity index (χ4v) is 5.66. The normalized spacial score (nSPS) is 20.4. The molecule has 2 aromatic heterocycles. The molecule has 7 nitrogen and oxygen atoms in total. The number of alkyl halides is 1. The Kier molecular flexibility index (Phi) is 6.60. The molecular formula is C31H31F2N5O2. The van der Waals surface area contributed by atoms with Gasteiger partial charge >= 0.3 is 0 Å². The van der Waals surface area contributed by atoms with Crippen LogP contribution in [0.25, 0.3) is 11.0 Å². The van der Waals surface area contributed by atoms with E-state index in [0.717, 1.165) is 23.9 Å². The number of nitrogens with zero attached hydrogens (tertiary/aromatic N) is 4. The summed E-state index contributed by atoms with van der Waals surface area (Å²) in [5.41, 5.74) is 3.00. The van der Waals surface area contributed by atoms with E-state index in [9.17, 15) is 14.0 Å². The largest absolute Gasteiger partial charge is 0.342 e. The lowest BCUT2D eigenvalue weighted by atomic mass is 9.97. The fourth-order valence-electron chi connectivity index (χ4n) is 5.66. The van der Waals surface area contributed by atoms with Crippen LogP contribution in [0, 0.1) is 12.9 Å². The van der Waals surface area contributed by atoms with E-state index in [1.165, 1.54) is 4.90 Å². The predicted octanol–water partition coefficient (Wildman–Crippen LogP) is 4.78. The number of likely N-dealkylation sites (tertiary alicyclic amines) is 1. The number of halogens is 2. The topological polar surface area (TPSA) is 80.1 Å². The number of imidazole rings is 1. The van der Waals surface area contributed by atoms with Gasteiger partial charge in [0.25, 0.3) is 0 Å². The lowest BCUT2D eigenvalue weighted by Gasteiger charge is -2.27. The first-order chi connectivity index (χ1) is 19.2. The Bertz CT molecular complexity index is 1580. The SMILES string of the molecule is Cc1nc2ccccc2n1CC(=O)N1C[C@H](F)C[C@H]1C(=O)N[C@@H](c1ccccc1)c1ccc(C2(C)CC2)c(F)n1.